The molecule has 1 aromatic rings. The Bertz CT molecular complexity index is 297. The molecule has 0 radical (unpaired) electrons. The molecule has 0 fully saturated rings. The van der Waals surface area contributed by atoms with Gasteiger partial charge in [-0.25, -0.2) is 9.78 Å². The second kappa shape index (κ2) is 4.23. The fourth-order valence-corrected chi connectivity index (χ4v) is 1.95. The van der Waals surface area contributed by atoms with Crippen LogP contribution in [0.25, 0.3) is 0 Å². The quantitative estimate of drug-likeness (QED) is 0.775. The van der Waals surface area contributed by atoms with Crippen molar-refractivity contribution in [2.45, 2.75) is 26.3 Å². The van der Waals surface area contributed by atoms with Crippen LogP contribution in [0.15, 0.2) is 6.20 Å². The van der Waals surface area contributed by atoms with Crippen molar-refractivity contribution in [1.29, 1.82) is 0 Å². The molecule has 1 unspecified atom stereocenters. The van der Waals surface area contributed by atoms with Crippen LogP contribution in [0.5, 0.6) is 0 Å². The maximum Gasteiger partial charge on any atom is 0.312 e. The molecule has 2 amide bonds. The lowest BCUT2D eigenvalue weighted by molar-refractivity contribution is 0.245. The molecule has 0 aromatic carbocycles. The summed E-state index contributed by atoms with van der Waals surface area (Å²) in [6.45, 7) is 3.97. The standard InChI is InChI=1S/C8H13N3OS/c1-3-6(11-8(9)12)7-10-4-5(2)13-7/h4,6H,3H2,1-2H3,(H3,9,11,12). The smallest absolute Gasteiger partial charge is 0.312 e. The number of aromatic nitrogens is 1. The Labute approximate surface area is 81.2 Å². The summed E-state index contributed by atoms with van der Waals surface area (Å²) in [5.74, 6) is 0. The van der Waals surface area contributed by atoms with Gasteiger partial charge in [0.15, 0.2) is 0 Å². The van der Waals surface area contributed by atoms with Crippen molar-refractivity contribution in [2.75, 3.05) is 0 Å². The van der Waals surface area contributed by atoms with Crippen molar-refractivity contribution in [1.82, 2.24) is 10.3 Å². The van der Waals surface area contributed by atoms with E-state index in [0.29, 0.717) is 0 Å². The highest BCUT2D eigenvalue weighted by molar-refractivity contribution is 7.11. The maximum atomic E-state index is 10.6. The average molecular weight is 199 g/mol. The van der Waals surface area contributed by atoms with Gasteiger partial charge in [0.05, 0.1) is 6.04 Å². The number of primary amides is 1. The minimum atomic E-state index is -0.500. The Kier molecular flexibility index (Phi) is 3.25. The zero-order valence-corrected chi connectivity index (χ0v) is 8.52. The summed E-state index contributed by atoms with van der Waals surface area (Å²) < 4.78 is 0. The summed E-state index contributed by atoms with van der Waals surface area (Å²) in [4.78, 5) is 16.0. The van der Waals surface area contributed by atoms with Gasteiger partial charge in [0.1, 0.15) is 5.01 Å². The molecule has 5 heteroatoms. The van der Waals surface area contributed by atoms with Crippen LogP contribution < -0.4 is 11.1 Å². The first-order valence-corrected chi connectivity index (χ1v) is 4.93. The molecule has 0 aliphatic heterocycles. The number of hydrogen-bond donors (Lipinski definition) is 2. The van der Waals surface area contributed by atoms with E-state index in [1.165, 1.54) is 0 Å². The number of aryl methyl sites for hydroxylation is 1. The normalized spacial score (nSPS) is 12.5. The third-order valence-electron chi connectivity index (χ3n) is 1.66. The number of urea groups is 1. The van der Waals surface area contributed by atoms with Crippen LogP contribution >= 0.6 is 11.3 Å². The topological polar surface area (TPSA) is 68.0 Å². The molecular weight excluding hydrogens is 186 g/mol. The number of nitrogens with zero attached hydrogens (tertiary/aromatic N) is 1. The molecule has 1 atom stereocenters. The van der Waals surface area contributed by atoms with Gasteiger partial charge in [0, 0.05) is 11.1 Å². The number of carbonyl (C=O) groups excluding carboxylic acids is 1. The first-order chi connectivity index (χ1) is 6.13. The second-order valence-electron chi connectivity index (χ2n) is 2.78. The van der Waals surface area contributed by atoms with Crippen LogP contribution in [-0.4, -0.2) is 11.0 Å². The highest BCUT2D eigenvalue weighted by atomic mass is 32.1. The van der Waals surface area contributed by atoms with Crippen molar-refractivity contribution in [3.63, 3.8) is 0 Å². The minimum Gasteiger partial charge on any atom is -0.352 e. The highest BCUT2D eigenvalue weighted by Gasteiger charge is 2.13. The lowest BCUT2D eigenvalue weighted by Gasteiger charge is -2.11. The first kappa shape index (κ1) is 9.98. The van der Waals surface area contributed by atoms with Gasteiger partial charge in [-0.1, -0.05) is 6.92 Å². The number of hydrogen-bond acceptors (Lipinski definition) is 3. The lowest BCUT2D eigenvalue weighted by atomic mass is 10.2. The Hall–Kier alpha value is -1.10. The predicted octanol–water partition coefficient (Wildman–Crippen LogP) is 1.57. The van der Waals surface area contributed by atoms with Crippen molar-refractivity contribution >= 4 is 17.4 Å². The van der Waals surface area contributed by atoms with Crippen LogP contribution in [0.2, 0.25) is 0 Å². The Morgan fingerprint density at radius 3 is 2.92 bits per heavy atom. The Balaban J connectivity index is 2.72. The van der Waals surface area contributed by atoms with Gasteiger partial charge in [-0.2, -0.15) is 0 Å². The average Bonchev–Trinajstić information content (AvgIpc) is 2.47. The number of carbonyl (C=O) groups is 1. The van der Waals surface area contributed by atoms with Crippen molar-refractivity contribution < 1.29 is 4.79 Å². The third kappa shape index (κ3) is 2.69. The van der Waals surface area contributed by atoms with Gasteiger partial charge in [0.25, 0.3) is 0 Å². The highest BCUT2D eigenvalue weighted by Crippen LogP contribution is 2.21. The van der Waals surface area contributed by atoms with E-state index in [-0.39, 0.29) is 6.04 Å². The predicted molar refractivity (Wildman–Crippen MR) is 52.6 cm³/mol. The van der Waals surface area contributed by atoms with Gasteiger partial charge < -0.3 is 11.1 Å². The molecule has 0 spiro atoms. The molecule has 0 bridgehead atoms. The first-order valence-electron chi connectivity index (χ1n) is 4.11. The van der Waals surface area contributed by atoms with E-state index in [0.717, 1.165) is 16.3 Å². The number of thiazole rings is 1. The van der Waals surface area contributed by atoms with Gasteiger partial charge >= 0.3 is 6.03 Å². The van der Waals surface area contributed by atoms with Crippen LogP contribution in [0, 0.1) is 6.92 Å². The van der Waals surface area contributed by atoms with Crippen LogP contribution in [-0.2, 0) is 0 Å². The van der Waals surface area contributed by atoms with Crippen LogP contribution in [0.1, 0.15) is 29.3 Å². The molecule has 0 saturated carbocycles. The zero-order chi connectivity index (χ0) is 9.84. The van der Waals surface area contributed by atoms with Crippen LogP contribution in [0.4, 0.5) is 4.79 Å². The Morgan fingerprint density at radius 1 is 1.85 bits per heavy atom. The zero-order valence-electron chi connectivity index (χ0n) is 7.70. The van der Waals surface area contributed by atoms with E-state index in [9.17, 15) is 4.79 Å². The van der Waals surface area contributed by atoms with Gasteiger partial charge in [0.2, 0.25) is 0 Å². The summed E-state index contributed by atoms with van der Waals surface area (Å²) in [6, 6.07) is -0.545. The maximum absolute atomic E-state index is 10.6. The summed E-state index contributed by atoms with van der Waals surface area (Å²) in [6.07, 6.45) is 2.60. The van der Waals surface area contributed by atoms with Gasteiger partial charge in [-0.3, -0.25) is 0 Å². The third-order valence-corrected chi connectivity index (χ3v) is 2.69. The van der Waals surface area contributed by atoms with E-state index < -0.39 is 6.03 Å². The number of nitrogens with one attached hydrogen (secondary N) is 1. The molecule has 1 rings (SSSR count). The summed E-state index contributed by atoms with van der Waals surface area (Å²) in [5, 5.41) is 3.56. The van der Waals surface area contributed by atoms with E-state index in [2.05, 4.69) is 10.3 Å². The molecule has 3 N–H and O–H groups in total. The van der Waals surface area contributed by atoms with Gasteiger partial charge in [-0.05, 0) is 13.3 Å². The number of nitrogens with two attached hydrogens (primary N) is 1. The second-order valence-corrected chi connectivity index (χ2v) is 4.04. The Morgan fingerprint density at radius 2 is 2.54 bits per heavy atom. The minimum absolute atomic E-state index is 0.0452. The molecule has 1 heterocycles. The lowest BCUT2D eigenvalue weighted by Crippen LogP contribution is -2.32. The van der Waals surface area contributed by atoms with Crippen LogP contribution in [0.3, 0.4) is 0 Å². The summed E-state index contributed by atoms with van der Waals surface area (Å²) >= 11 is 1.58. The van der Waals surface area contributed by atoms with E-state index >= 15 is 0 Å². The molecule has 0 aliphatic rings. The summed E-state index contributed by atoms with van der Waals surface area (Å²) in [7, 11) is 0. The van der Waals surface area contributed by atoms with Crippen molar-refractivity contribution in [3.8, 4) is 0 Å². The molecule has 0 aliphatic carbocycles. The molecule has 0 saturated heterocycles. The fourth-order valence-electron chi connectivity index (χ4n) is 1.04. The molecular formula is C8H13N3OS. The number of amides is 2. The molecule has 13 heavy (non-hydrogen) atoms. The van der Waals surface area contributed by atoms with Crippen molar-refractivity contribution in [2.24, 2.45) is 5.73 Å². The summed E-state index contributed by atoms with van der Waals surface area (Å²) in [5.41, 5.74) is 5.04. The SMILES string of the molecule is CCC(NC(N)=O)c1ncc(C)s1. The molecule has 72 valence electrons. The number of rotatable bonds is 3. The molecule has 1 aromatic heterocycles. The van der Waals surface area contributed by atoms with Crippen molar-refractivity contribution in [3.05, 3.63) is 16.1 Å². The monoisotopic (exact) mass is 199 g/mol. The van der Waals surface area contributed by atoms with E-state index in [1.54, 1.807) is 17.5 Å². The largest absolute Gasteiger partial charge is 0.352 e. The van der Waals surface area contributed by atoms with E-state index in [1.807, 2.05) is 13.8 Å². The van der Waals surface area contributed by atoms with E-state index in [4.69, 9.17) is 5.73 Å². The van der Waals surface area contributed by atoms with Gasteiger partial charge in [-0.15, -0.1) is 11.3 Å². The molecule has 4 nitrogen and oxygen atoms in total. The fraction of sp³-hybridized carbons (Fsp3) is 0.500.